The van der Waals surface area contributed by atoms with Crippen LogP contribution in [0.15, 0.2) is 18.2 Å². The molecule has 0 heterocycles. The van der Waals surface area contributed by atoms with Gasteiger partial charge in [0.25, 0.3) is 0 Å². The number of carbonyl (C=O) groups is 1. The first-order chi connectivity index (χ1) is 6.50. The van der Waals surface area contributed by atoms with Gasteiger partial charge in [0.2, 0.25) is 5.91 Å². The third-order valence-electron chi connectivity index (χ3n) is 1.76. The zero-order chi connectivity index (χ0) is 10.7. The van der Waals surface area contributed by atoms with Crippen molar-refractivity contribution in [3.63, 3.8) is 0 Å². The number of benzene rings is 1. The van der Waals surface area contributed by atoms with Crippen LogP contribution in [0, 0.1) is 0 Å². The fourth-order valence-corrected chi connectivity index (χ4v) is 1.41. The molecule has 1 aromatic carbocycles. The Morgan fingerprint density at radius 1 is 1.50 bits per heavy atom. The van der Waals surface area contributed by atoms with E-state index in [-0.39, 0.29) is 12.5 Å². The minimum absolute atomic E-state index is 0.212. The molecule has 5 heteroatoms. The van der Waals surface area contributed by atoms with Crippen LogP contribution >= 0.6 is 23.2 Å². The lowest BCUT2D eigenvalue weighted by Crippen LogP contribution is -2.34. The Balaban J connectivity index is 2.82. The van der Waals surface area contributed by atoms with Gasteiger partial charge >= 0.3 is 0 Å². The van der Waals surface area contributed by atoms with Gasteiger partial charge in [-0.05, 0) is 17.7 Å². The summed E-state index contributed by atoms with van der Waals surface area (Å²) in [5.74, 6) is 5.24. The summed E-state index contributed by atoms with van der Waals surface area (Å²) in [5.41, 5.74) is 0.772. The molecule has 1 aromatic rings. The van der Waals surface area contributed by atoms with E-state index in [1.165, 1.54) is 6.92 Å². The standard InChI is InChI=1S/C9H10Cl2N2O/c1-6(14)13(12)5-7-2-3-8(10)4-9(7)11/h2-4H,5,12H2,1H3. The highest BCUT2D eigenvalue weighted by Crippen LogP contribution is 2.21. The van der Waals surface area contributed by atoms with Crippen LogP contribution < -0.4 is 5.84 Å². The number of nitrogens with two attached hydrogens (primary N) is 1. The van der Waals surface area contributed by atoms with Gasteiger partial charge in [-0.1, -0.05) is 29.3 Å². The van der Waals surface area contributed by atoms with Crippen LogP contribution in [0.1, 0.15) is 12.5 Å². The van der Waals surface area contributed by atoms with Crippen LogP contribution in [0.3, 0.4) is 0 Å². The van der Waals surface area contributed by atoms with Crippen molar-refractivity contribution in [1.29, 1.82) is 0 Å². The van der Waals surface area contributed by atoms with E-state index in [2.05, 4.69) is 0 Å². The van der Waals surface area contributed by atoms with Crippen molar-refractivity contribution in [2.24, 2.45) is 5.84 Å². The number of halogens is 2. The molecule has 0 atom stereocenters. The van der Waals surface area contributed by atoms with E-state index >= 15 is 0 Å². The van der Waals surface area contributed by atoms with E-state index in [1.807, 2.05) is 0 Å². The third-order valence-corrected chi connectivity index (χ3v) is 2.35. The number of amides is 1. The molecule has 0 aromatic heterocycles. The quantitative estimate of drug-likeness (QED) is 0.483. The summed E-state index contributed by atoms with van der Waals surface area (Å²) < 4.78 is 0. The molecule has 0 aliphatic carbocycles. The zero-order valence-electron chi connectivity index (χ0n) is 7.63. The molecule has 2 N–H and O–H groups in total. The van der Waals surface area contributed by atoms with Crippen molar-refractivity contribution in [2.75, 3.05) is 0 Å². The lowest BCUT2D eigenvalue weighted by molar-refractivity contribution is -0.129. The Bertz CT molecular complexity index is 355. The van der Waals surface area contributed by atoms with Crippen molar-refractivity contribution in [2.45, 2.75) is 13.5 Å². The molecule has 0 radical (unpaired) electrons. The minimum atomic E-state index is -0.212. The second-order valence-corrected chi connectivity index (χ2v) is 3.73. The lowest BCUT2D eigenvalue weighted by atomic mass is 10.2. The average molecular weight is 233 g/mol. The van der Waals surface area contributed by atoms with Crippen LogP contribution in [0.25, 0.3) is 0 Å². The van der Waals surface area contributed by atoms with Crippen molar-refractivity contribution < 1.29 is 4.79 Å². The Morgan fingerprint density at radius 2 is 2.14 bits per heavy atom. The van der Waals surface area contributed by atoms with Gasteiger partial charge in [0.05, 0.1) is 6.54 Å². The highest BCUT2D eigenvalue weighted by atomic mass is 35.5. The van der Waals surface area contributed by atoms with Crippen LogP contribution in [0.2, 0.25) is 10.0 Å². The Kier molecular flexibility index (Phi) is 3.75. The Morgan fingerprint density at radius 3 is 2.64 bits per heavy atom. The van der Waals surface area contributed by atoms with E-state index in [4.69, 9.17) is 29.0 Å². The summed E-state index contributed by atoms with van der Waals surface area (Å²) in [5, 5.41) is 2.16. The maximum Gasteiger partial charge on any atom is 0.233 e. The van der Waals surface area contributed by atoms with Crippen molar-refractivity contribution in [1.82, 2.24) is 5.01 Å². The molecule has 0 fully saturated rings. The van der Waals surface area contributed by atoms with Crippen molar-refractivity contribution >= 4 is 29.1 Å². The summed E-state index contributed by atoms with van der Waals surface area (Å²) in [6.45, 7) is 1.68. The highest BCUT2D eigenvalue weighted by Gasteiger charge is 2.07. The van der Waals surface area contributed by atoms with Gasteiger partial charge < -0.3 is 0 Å². The number of nitrogens with zero attached hydrogens (tertiary/aromatic N) is 1. The first-order valence-electron chi connectivity index (χ1n) is 3.97. The predicted octanol–water partition coefficient (Wildman–Crippen LogP) is 2.22. The second kappa shape index (κ2) is 4.64. The van der Waals surface area contributed by atoms with E-state index in [0.29, 0.717) is 10.0 Å². The molecule has 3 nitrogen and oxygen atoms in total. The highest BCUT2D eigenvalue weighted by molar-refractivity contribution is 6.35. The normalized spacial score (nSPS) is 10.0. The van der Waals surface area contributed by atoms with Crippen molar-refractivity contribution in [3.05, 3.63) is 33.8 Å². The fraction of sp³-hybridized carbons (Fsp3) is 0.222. The third kappa shape index (κ3) is 2.87. The van der Waals surface area contributed by atoms with Crippen molar-refractivity contribution in [3.8, 4) is 0 Å². The number of hydrogen-bond acceptors (Lipinski definition) is 2. The number of hydrazine groups is 1. The van der Waals surface area contributed by atoms with Gasteiger partial charge in [0.15, 0.2) is 0 Å². The van der Waals surface area contributed by atoms with E-state index in [1.54, 1.807) is 18.2 Å². The van der Waals surface area contributed by atoms with Crippen LogP contribution in [-0.4, -0.2) is 10.9 Å². The predicted molar refractivity (Wildman–Crippen MR) is 56.9 cm³/mol. The Hall–Kier alpha value is -0.770. The summed E-state index contributed by atoms with van der Waals surface area (Å²) in [6.07, 6.45) is 0. The first-order valence-corrected chi connectivity index (χ1v) is 4.73. The van der Waals surface area contributed by atoms with Gasteiger partial charge in [0.1, 0.15) is 0 Å². The van der Waals surface area contributed by atoms with Gasteiger partial charge in [-0.3, -0.25) is 9.80 Å². The van der Waals surface area contributed by atoms with Crippen LogP contribution in [0.4, 0.5) is 0 Å². The van der Waals surface area contributed by atoms with E-state index < -0.39 is 0 Å². The summed E-state index contributed by atoms with van der Waals surface area (Å²) in [6, 6.07) is 5.07. The van der Waals surface area contributed by atoms with E-state index in [9.17, 15) is 4.79 Å². The lowest BCUT2D eigenvalue weighted by Gasteiger charge is -2.15. The fourth-order valence-electron chi connectivity index (χ4n) is 0.945. The molecule has 0 saturated heterocycles. The molecular weight excluding hydrogens is 223 g/mol. The largest absolute Gasteiger partial charge is 0.276 e. The maximum atomic E-state index is 10.9. The summed E-state index contributed by atoms with van der Waals surface area (Å²) >= 11 is 11.6. The molecule has 1 amide bonds. The van der Waals surface area contributed by atoms with Crippen LogP contribution in [-0.2, 0) is 11.3 Å². The molecule has 1 rings (SSSR count). The summed E-state index contributed by atoms with van der Waals surface area (Å²) in [4.78, 5) is 10.9. The number of rotatable bonds is 2. The monoisotopic (exact) mass is 232 g/mol. The number of carbonyl (C=O) groups excluding carboxylic acids is 1. The average Bonchev–Trinajstić information content (AvgIpc) is 2.09. The second-order valence-electron chi connectivity index (χ2n) is 2.88. The molecule has 0 spiro atoms. The van der Waals surface area contributed by atoms with Crippen LogP contribution in [0.5, 0.6) is 0 Å². The van der Waals surface area contributed by atoms with E-state index in [0.717, 1.165) is 10.6 Å². The molecule has 0 saturated carbocycles. The molecule has 0 aliphatic heterocycles. The van der Waals surface area contributed by atoms with Gasteiger partial charge in [-0.2, -0.15) is 0 Å². The van der Waals surface area contributed by atoms with Gasteiger partial charge in [-0.15, -0.1) is 0 Å². The molecule has 0 aliphatic rings. The minimum Gasteiger partial charge on any atom is -0.276 e. The molecule has 14 heavy (non-hydrogen) atoms. The topological polar surface area (TPSA) is 46.3 Å². The summed E-state index contributed by atoms with van der Waals surface area (Å²) in [7, 11) is 0. The SMILES string of the molecule is CC(=O)N(N)Cc1ccc(Cl)cc1Cl. The van der Waals surface area contributed by atoms with Gasteiger partial charge in [0, 0.05) is 17.0 Å². The van der Waals surface area contributed by atoms with Gasteiger partial charge in [-0.25, -0.2) is 5.84 Å². The number of hydrogen-bond donors (Lipinski definition) is 1. The Labute approximate surface area is 92.4 Å². The first kappa shape index (κ1) is 11.3. The molecule has 0 unspecified atom stereocenters. The molecule has 0 bridgehead atoms. The molecular formula is C9H10Cl2N2O. The smallest absolute Gasteiger partial charge is 0.233 e. The molecule has 76 valence electrons. The zero-order valence-corrected chi connectivity index (χ0v) is 9.14. The maximum absolute atomic E-state index is 10.9.